The topological polar surface area (TPSA) is 85.1 Å². The van der Waals surface area contributed by atoms with Gasteiger partial charge in [0.15, 0.2) is 22.6 Å². The van der Waals surface area contributed by atoms with Crippen molar-refractivity contribution in [3.63, 3.8) is 0 Å². The highest BCUT2D eigenvalue weighted by Gasteiger charge is 2.16. The predicted octanol–water partition coefficient (Wildman–Crippen LogP) is 7.09. The first-order chi connectivity index (χ1) is 17.2. The Labute approximate surface area is 238 Å². The van der Waals surface area contributed by atoms with Crippen LogP contribution in [-0.4, -0.2) is 33.8 Å². The van der Waals surface area contributed by atoms with Gasteiger partial charge in [0.05, 0.1) is 11.9 Å². The van der Waals surface area contributed by atoms with E-state index in [-0.39, 0.29) is 24.8 Å². The Bertz CT molecular complexity index is 1230. The molecule has 0 radical (unpaired) electrons. The summed E-state index contributed by atoms with van der Waals surface area (Å²) in [5.74, 6) is 5.53. The Hall–Kier alpha value is -2.30. The largest absolute Gasteiger partial charge is 0.453 e. The van der Waals surface area contributed by atoms with Crippen LogP contribution in [0.25, 0.3) is 0 Å². The molecule has 198 valence electrons. The number of anilines is 2. The number of pyridine rings is 1. The van der Waals surface area contributed by atoms with Crippen molar-refractivity contribution >= 4 is 58.9 Å². The molecule has 1 aliphatic rings. The molecule has 5 rings (SSSR count). The standard InChI is InChI=1S/C26H29N5O2S2.2ClH/c1-18-14-28-24(32-18)8-7-20-17-35-26(30-20)31-25-23(33-21-5-3-2-4-6-21)13-22(15-29-25)34-16-19-9-11-27-12-10-19;;/h2-6,13-15,17,19,27H,7-12,16H2,1H3,(H,29,30,31);2*1H. The molecule has 0 amide bonds. The maximum absolute atomic E-state index is 6.24. The third-order valence-corrected chi connectivity index (χ3v) is 7.79. The van der Waals surface area contributed by atoms with Gasteiger partial charge in [0.2, 0.25) is 0 Å². The van der Waals surface area contributed by atoms with Crippen molar-refractivity contribution in [2.75, 3.05) is 24.2 Å². The summed E-state index contributed by atoms with van der Waals surface area (Å²) in [5, 5.41) is 9.64. The zero-order valence-corrected chi connectivity index (χ0v) is 23.8. The molecule has 1 aliphatic heterocycles. The van der Waals surface area contributed by atoms with Crippen LogP contribution in [-0.2, 0) is 12.8 Å². The molecule has 0 spiro atoms. The normalized spacial score (nSPS) is 13.4. The van der Waals surface area contributed by atoms with Crippen LogP contribution in [0.2, 0.25) is 0 Å². The molecule has 37 heavy (non-hydrogen) atoms. The van der Waals surface area contributed by atoms with E-state index in [0.717, 1.165) is 70.7 Å². The van der Waals surface area contributed by atoms with Gasteiger partial charge in [0.1, 0.15) is 11.5 Å². The number of aryl methyl sites for hydroxylation is 3. The number of piperidine rings is 1. The van der Waals surface area contributed by atoms with Gasteiger partial charge >= 0.3 is 0 Å². The van der Waals surface area contributed by atoms with Crippen LogP contribution in [0.1, 0.15) is 30.2 Å². The number of nitrogens with one attached hydrogen (secondary N) is 2. The fourth-order valence-electron chi connectivity index (χ4n) is 3.89. The molecule has 7 nitrogen and oxygen atoms in total. The Morgan fingerprint density at radius 1 is 1.11 bits per heavy atom. The summed E-state index contributed by atoms with van der Waals surface area (Å²) in [4.78, 5) is 14.8. The van der Waals surface area contributed by atoms with Crippen LogP contribution < -0.4 is 15.4 Å². The monoisotopic (exact) mass is 579 g/mol. The SMILES string of the molecule is Cc1cnc(CCc2csc(Nc3ncc(SCC4CCNCC4)cc3Oc3ccccc3)n2)o1.Cl.Cl. The summed E-state index contributed by atoms with van der Waals surface area (Å²) in [6.07, 6.45) is 7.62. The number of hydrogen-bond donors (Lipinski definition) is 2. The lowest BCUT2D eigenvalue weighted by Gasteiger charge is -2.22. The first kappa shape index (κ1) is 29.3. The minimum absolute atomic E-state index is 0. The van der Waals surface area contributed by atoms with Crippen LogP contribution in [0.4, 0.5) is 10.9 Å². The van der Waals surface area contributed by atoms with E-state index in [4.69, 9.17) is 19.1 Å². The average Bonchev–Trinajstić information content (AvgIpc) is 3.52. The van der Waals surface area contributed by atoms with Gasteiger partial charge in [-0.1, -0.05) is 18.2 Å². The highest BCUT2D eigenvalue weighted by atomic mass is 35.5. The number of ether oxygens (including phenoxy) is 1. The second-order valence-electron chi connectivity index (χ2n) is 8.57. The summed E-state index contributed by atoms with van der Waals surface area (Å²) in [6, 6.07) is 11.9. The van der Waals surface area contributed by atoms with Crippen LogP contribution >= 0.6 is 47.9 Å². The van der Waals surface area contributed by atoms with Crippen LogP contribution in [0.5, 0.6) is 11.5 Å². The van der Waals surface area contributed by atoms with Gasteiger partial charge in [-0.05, 0) is 63.4 Å². The lowest BCUT2D eigenvalue weighted by Crippen LogP contribution is -2.28. The van der Waals surface area contributed by atoms with Crippen LogP contribution in [0.3, 0.4) is 0 Å². The molecule has 3 aromatic heterocycles. The average molecular weight is 581 g/mol. The smallest absolute Gasteiger partial charge is 0.194 e. The summed E-state index contributed by atoms with van der Waals surface area (Å²) in [7, 11) is 0. The fourth-order valence-corrected chi connectivity index (χ4v) is 5.71. The van der Waals surface area contributed by atoms with Crippen molar-refractivity contribution in [2.24, 2.45) is 5.92 Å². The molecule has 2 N–H and O–H groups in total. The number of nitrogens with zero attached hydrogens (tertiary/aromatic N) is 3. The van der Waals surface area contributed by atoms with E-state index >= 15 is 0 Å². The summed E-state index contributed by atoms with van der Waals surface area (Å²) in [5.41, 5.74) is 0.994. The number of thiazole rings is 1. The minimum atomic E-state index is 0. The Kier molecular flexibility index (Phi) is 11.5. The van der Waals surface area contributed by atoms with Gasteiger partial charge in [-0.15, -0.1) is 47.9 Å². The molecule has 0 atom stereocenters. The second kappa shape index (κ2) is 14.6. The van der Waals surface area contributed by atoms with E-state index in [1.807, 2.05) is 55.2 Å². The van der Waals surface area contributed by atoms with Gasteiger partial charge in [-0.25, -0.2) is 15.0 Å². The molecule has 0 bridgehead atoms. The van der Waals surface area contributed by atoms with Gasteiger partial charge in [0, 0.05) is 28.6 Å². The first-order valence-electron chi connectivity index (χ1n) is 11.9. The second-order valence-corrected chi connectivity index (χ2v) is 10.5. The van der Waals surface area contributed by atoms with Crippen molar-refractivity contribution in [3.8, 4) is 11.5 Å². The van der Waals surface area contributed by atoms with Crippen molar-refractivity contribution < 1.29 is 9.15 Å². The van der Waals surface area contributed by atoms with E-state index in [9.17, 15) is 0 Å². The Balaban J connectivity index is 0.00000190. The van der Waals surface area contributed by atoms with E-state index in [1.165, 1.54) is 12.8 Å². The van der Waals surface area contributed by atoms with Crippen molar-refractivity contribution in [2.45, 2.75) is 37.5 Å². The van der Waals surface area contributed by atoms with Crippen LogP contribution in [0, 0.1) is 12.8 Å². The number of thioether (sulfide) groups is 1. The molecular formula is C26H31Cl2N5O2S2. The number of oxazole rings is 1. The number of aromatic nitrogens is 3. The van der Waals surface area contributed by atoms with Gasteiger partial charge in [-0.2, -0.15) is 0 Å². The maximum atomic E-state index is 6.24. The number of rotatable bonds is 10. The molecule has 0 unspecified atom stereocenters. The third-order valence-electron chi connectivity index (χ3n) is 5.78. The van der Waals surface area contributed by atoms with Crippen molar-refractivity contribution in [1.82, 2.24) is 20.3 Å². The Morgan fingerprint density at radius 3 is 2.68 bits per heavy atom. The minimum Gasteiger partial charge on any atom is -0.453 e. The van der Waals surface area contributed by atoms with Gasteiger partial charge in [-0.3, -0.25) is 0 Å². The lowest BCUT2D eigenvalue weighted by molar-refractivity contribution is 0.408. The summed E-state index contributed by atoms with van der Waals surface area (Å²) >= 11 is 3.40. The molecule has 4 aromatic rings. The molecule has 1 aromatic carbocycles. The van der Waals surface area contributed by atoms with Crippen molar-refractivity contribution in [3.05, 3.63) is 71.5 Å². The van der Waals surface area contributed by atoms with E-state index in [1.54, 1.807) is 17.5 Å². The number of para-hydroxylation sites is 1. The molecule has 0 saturated carbocycles. The van der Waals surface area contributed by atoms with E-state index < -0.39 is 0 Å². The predicted molar refractivity (Wildman–Crippen MR) is 156 cm³/mol. The zero-order chi connectivity index (χ0) is 23.9. The fraction of sp³-hybridized carbons (Fsp3) is 0.346. The highest BCUT2D eigenvalue weighted by molar-refractivity contribution is 7.99. The summed E-state index contributed by atoms with van der Waals surface area (Å²) < 4.78 is 11.8. The lowest BCUT2D eigenvalue weighted by atomic mass is 10.0. The maximum Gasteiger partial charge on any atom is 0.194 e. The first-order valence-corrected chi connectivity index (χ1v) is 13.8. The number of benzene rings is 1. The van der Waals surface area contributed by atoms with E-state index in [2.05, 4.69) is 27.1 Å². The molecular weight excluding hydrogens is 549 g/mol. The summed E-state index contributed by atoms with van der Waals surface area (Å²) in [6.45, 7) is 4.13. The number of halogens is 2. The molecule has 1 fully saturated rings. The Morgan fingerprint density at radius 2 is 1.92 bits per heavy atom. The van der Waals surface area contributed by atoms with Gasteiger partial charge in [0.25, 0.3) is 0 Å². The quantitative estimate of drug-likeness (QED) is 0.192. The highest BCUT2D eigenvalue weighted by Crippen LogP contribution is 2.35. The third kappa shape index (κ3) is 8.61. The van der Waals surface area contributed by atoms with Gasteiger partial charge < -0.3 is 19.8 Å². The van der Waals surface area contributed by atoms with Crippen LogP contribution in [0.15, 0.2) is 63.5 Å². The molecule has 4 heterocycles. The molecule has 1 saturated heterocycles. The van der Waals surface area contributed by atoms with Crippen molar-refractivity contribution in [1.29, 1.82) is 0 Å². The molecule has 11 heteroatoms. The molecule has 0 aliphatic carbocycles. The van der Waals surface area contributed by atoms with E-state index in [0.29, 0.717) is 11.6 Å². The number of hydrogen-bond acceptors (Lipinski definition) is 9. The zero-order valence-electron chi connectivity index (χ0n) is 20.5.